The first-order valence-electron chi connectivity index (χ1n) is 8.66. The quantitative estimate of drug-likeness (QED) is 0.803. The van der Waals surface area contributed by atoms with E-state index < -0.39 is 0 Å². The number of amides is 1. The maximum absolute atomic E-state index is 13.0. The number of hydrogen-bond acceptors (Lipinski definition) is 5. The van der Waals surface area contributed by atoms with E-state index in [-0.39, 0.29) is 11.9 Å². The molecular weight excluding hydrogens is 316 g/mol. The summed E-state index contributed by atoms with van der Waals surface area (Å²) in [6.45, 7) is 6.85. The molecular formula is C19H24N4O2. The van der Waals surface area contributed by atoms with Gasteiger partial charge in [-0.2, -0.15) is 10.2 Å². The van der Waals surface area contributed by atoms with E-state index in [1.54, 1.807) is 12.3 Å². The number of benzene rings is 1. The molecule has 1 atom stereocenters. The number of ether oxygens (including phenoxy) is 1. The van der Waals surface area contributed by atoms with Crippen LogP contribution >= 0.6 is 0 Å². The van der Waals surface area contributed by atoms with Gasteiger partial charge in [0.15, 0.2) is 0 Å². The highest BCUT2D eigenvalue weighted by molar-refractivity contribution is 5.94. The van der Waals surface area contributed by atoms with Crippen LogP contribution in [-0.2, 0) is 11.3 Å². The molecule has 0 spiro atoms. The summed E-state index contributed by atoms with van der Waals surface area (Å²) in [4.78, 5) is 17.3. The Hall–Kier alpha value is -2.31. The molecule has 0 N–H and O–H groups in total. The summed E-state index contributed by atoms with van der Waals surface area (Å²) in [6, 6.07) is 11.9. The zero-order valence-corrected chi connectivity index (χ0v) is 14.5. The lowest BCUT2D eigenvalue weighted by atomic mass is 10.1. The Balaban J connectivity index is 1.76. The summed E-state index contributed by atoms with van der Waals surface area (Å²) in [5, 5.41) is 7.61. The Kier molecular flexibility index (Phi) is 6.09. The molecule has 1 amide bonds. The SMILES string of the molecule is CC(CN1CCOCC1)N(Cc1ccccc1)C(=O)c1ccnnc1. The van der Waals surface area contributed by atoms with Crippen molar-refractivity contribution in [2.24, 2.45) is 0 Å². The molecule has 2 aromatic rings. The van der Waals surface area contributed by atoms with Gasteiger partial charge in [-0.1, -0.05) is 30.3 Å². The van der Waals surface area contributed by atoms with Crippen LogP contribution < -0.4 is 0 Å². The molecule has 6 heteroatoms. The monoisotopic (exact) mass is 340 g/mol. The molecule has 132 valence electrons. The second-order valence-corrected chi connectivity index (χ2v) is 6.31. The maximum atomic E-state index is 13.0. The van der Waals surface area contributed by atoms with Gasteiger partial charge < -0.3 is 9.64 Å². The van der Waals surface area contributed by atoms with Gasteiger partial charge in [-0.05, 0) is 18.6 Å². The highest BCUT2D eigenvalue weighted by atomic mass is 16.5. The van der Waals surface area contributed by atoms with Crippen LogP contribution in [0.15, 0.2) is 48.8 Å². The average Bonchev–Trinajstić information content (AvgIpc) is 2.68. The van der Waals surface area contributed by atoms with Gasteiger partial charge in [-0.25, -0.2) is 0 Å². The highest BCUT2D eigenvalue weighted by Gasteiger charge is 2.24. The number of morpholine rings is 1. The lowest BCUT2D eigenvalue weighted by Crippen LogP contribution is -2.48. The summed E-state index contributed by atoms with van der Waals surface area (Å²) in [5.41, 5.74) is 1.69. The van der Waals surface area contributed by atoms with Crippen LogP contribution in [0.5, 0.6) is 0 Å². The molecule has 1 fully saturated rings. The number of aromatic nitrogens is 2. The van der Waals surface area contributed by atoms with Crippen LogP contribution in [0, 0.1) is 0 Å². The first-order valence-corrected chi connectivity index (χ1v) is 8.66. The Morgan fingerprint density at radius 1 is 1.20 bits per heavy atom. The third kappa shape index (κ3) is 4.84. The minimum Gasteiger partial charge on any atom is -0.379 e. The van der Waals surface area contributed by atoms with E-state index in [0.29, 0.717) is 12.1 Å². The zero-order chi connectivity index (χ0) is 17.5. The van der Waals surface area contributed by atoms with Crippen molar-refractivity contribution in [2.45, 2.75) is 19.5 Å². The molecule has 25 heavy (non-hydrogen) atoms. The summed E-state index contributed by atoms with van der Waals surface area (Å²) < 4.78 is 5.42. The van der Waals surface area contributed by atoms with Crippen molar-refractivity contribution in [1.82, 2.24) is 20.0 Å². The van der Waals surface area contributed by atoms with E-state index >= 15 is 0 Å². The average molecular weight is 340 g/mol. The molecule has 0 saturated carbocycles. The summed E-state index contributed by atoms with van der Waals surface area (Å²) in [5.74, 6) is -0.0143. The number of carbonyl (C=O) groups is 1. The standard InChI is InChI=1S/C19H24N4O2/c1-16(14-22-9-11-25-12-10-22)23(15-17-5-3-2-4-6-17)19(24)18-7-8-20-21-13-18/h2-8,13,16H,9-12,14-15H2,1H3. The molecule has 1 aromatic heterocycles. The van der Waals surface area contributed by atoms with Crippen molar-refractivity contribution >= 4 is 5.91 Å². The Labute approximate surface area is 148 Å². The second kappa shape index (κ2) is 8.69. The first kappa shape index (κ1) is 17.5. The molecule has 1 aliphatic rings. The van der Waals surface area contributed by atoms with E-state index in [9.17, 15) is 4.79 Å². The predicted octanol–water partition coefficient (Wildman–Crippen LogP) is 1.84. The Morgan fingerprint density at radius 2 is 1.96 bits per heavy atom. The molecule has 1 unspecified atom stereocenters. The van der Waals surface area contributed by atoms with E-state index in [4.69, 9.17) is 4.74 Å². The van der Waals surface area contributed by atoms with Gasteiger partial charge in [0.05, 0.1) is 31.2 Å². The molecule has 0 radical (unpaired) electrons. The van der Waals surface area contributed by atoms with Crippen molar-refractivity contribution < 1.29 is 9.53 Å². The summed E-state index contributed by atoms with van der Waals surface area (Å²) in [7, 11) is 0. The summed E-state index contributed by atoms with van der Waals surface area (Å²) >= 11 is 0. The van der Waals surface area contributed by atoms with Gasteiger partial charge in [0, 0.05) is 32.2 Å². The Morgan fingerprint density at radius 3 is 2.64 bits per heavy atom. The molecule has 2 heterocycles. The highest BCUT2D eigenvalue weighted by Crippen LogP contribution is 2.14. The summed E-state index contributed by atoms with van der Waals surface area (Å²) in [6.07, 6.45) is 3.09. The number of rotatable bonds is 6. The number of carbonyl (C=O) groups excluding carboxylic acids is 1. The zero-order valence-electron chi connectivity index (χ0n) is 14.5. The van der Waals surface area contributed by atoms with Crippen molar-refractivity contribution in [2.75, 3.05) is 32.8 Å². The third-order valence-electron chi connectivity index (χ3n) is 4.45. The minimum atomic E-state index is -0.0143. The van der Waals surface area contributed by atoms with Gasteiger partial charge in [0.1, 0.15) is 0 Å². The molecule has 6 nitrogen and oxygen atoms in total. The lowest BCUT2D eigenvalue weighted by molar-refractivity contribution is 0.0228. The fourth-order valence-corrected chi connectivity index (χ4v) is 3.05. The van der Waals surface area contributed by atoms with Gasteiger partial charge in [-0.15, -0.1) is 0 Å². The molecule has 0 bridgehead atoms. The Bertz CT molecular complexity index is 660. The van der Waals surface area contributed by atoms with Gasteiger partial charge in [0.25, 0.3) is 5.91 Å². The third-order valence-corrected chi connectivity index (χ3v) is 4.45. The van der Waals surface area contributed by atoms with Crippen molar-refractivity contribution in [3.05, 3.63) is 59.9 Å². The maximum Gasteiger partial charge on any atom is 0.256 e. The molecule has 1 aliphatic heterocycles. The largest absolute Gasteiger partial charge is 0.379 e. The number of nitrogens with zero attached hydrogens (tertiary/aromatic N) is 4. The van der Waals surface area contributed by atoms with E-state index in [2.05, 4.69) is 22.0 Å². The predicted molar refractivity (Wildman–Crippen MR) is 95.1 cm³/mol. The van der Waals surface area contributed by atoms with Gasteiger partial charge in [0.2, 0.25) is 0 Å². The van der Waals surface area contributed by atoms with Gasteiger partial charge in [-0.3, -0.25) is 9.69 Å². The van der Waals surface area contributed by atoms with Crippen molar-refractivity contribution in [3.8, 4) is 0 Å². The van der Waals surface area contributed by atoms with E-state index in [0.717, 1.165) is 38.4 Å². The van der Waals surface area contributed by atoms with E-state index in [1.165, 1.54) is 6.20 Å². The van der Waals surface area contributed by atoms with Crippen molar-refractivity contribution in [1.29, 1.82) is 0 Å². The van der Waals surface area contributed by atoms with Crippen LogP contribution in [0.4, 0.5) is 0 Å². The number of hydrogen-bond donors (Lipinski definition) is 0. The van der Waals surface area contributed by atoms with Crippen LogP contribution in [-0.4, -0.2) is 64.8 Å². The lowest BCUT2D eigenvalue weighted by Gasteiger charge is -2.35. The van der Waals surface area contributed by atoms with Crippen LogP contribution in [0.25, 0.3) is 0 Å². The molecule has 1 saturated heterocycles. The molecule has 0 aliphatic carbocycles. The molecule has 1 aromatic carbocycles. The molecule has 3 rings (SSSR count). The normalized spacial score (nSPS) is 16.4. The second-order valence-electron chi connectivity index (χ2n) is 6.31. The smallest absolute Gasteiger partial charge is 0.256 e. The van der Waals surface area contributed by atoms with Crippen LogP contribution in [0.2, 0.25) is 0 Å². The van der Waals surface area contributed by atoms with Crippen LogP contribution in [0.3, 0.4) is 0 Å². The fourth-order valence-electron chi connectivity index (χ4n) is 3.05. The fraction of sp³-hybridized carbons (Fsp3) is 0.421. The minimum absolute atomic E-state index is 0.0143. The topological polar surface area (TPSA) is 58.6 Å². The van der Waals surface area contributed by atoms with E-state index in [1.807, 2.05) is 35.2 Å². The van der Waals surface area contributed by atoms with Crippen molar-refractivity contribution in [3.63, 3.8) is 0 Å². The first-order chi connectivity index (χ1) is 12.2. The van der Waals surface area contributed by atoms with Crippen LogP contribution in [0.1, 0.15) is 22.8 Å². The van der Waals surface area contributed by atoms with Gasteiger partial charge >= 0.3 is 0 Å².